The van der Waals surface area contributed by atoms with Crippen molar-refractivity contribution in [2.45, 2.75) is 79.1 Å². The molecule has 3 aromatic rings. The third-order valence-corrected chi connectivity index (χ3v) is 7.65. The van der Waals surface area contributed by atoms with E-state index in [-0.39, 0.29) is 53.8 Å². The second-order valence-electron chi connectivity index (χ2n) is 13.8. The number of benzene rings is 1. The van der Waals surface area contributed by atoms with E-state index in [2.05, 4.69) is 20.6 Å². The van der Waals surface area contributed by atoms with E-state index in [1.165, 1.54) is 29.4 Å². The Morgan fingerprint density at radius 2 is 1.71 bits per heavy atom. The van der Waals surface area contributed by atoms with Gasteiger partial charge in [0.2, 0.25) is 11.8 Å². The molecule has 0 spiro atoms. The maximum absolute atomic E-state index is 16.6. The van der Waals surface area contributed by atoms with Gasteiger partial charge in [-0.2, -0.15) is 0 Å². The number of amides is 4. The van der Waals surface area contributed by atoms with Crippen LogP contribution in [0.2, 0.25) is 0 Å². The molecule has 4 amide bonds. The summed E-state index contributed by atoms with van der Waals surface area (Å²) in [5.41, 5.74) is -0.716. The fourth-order valence-corrected chi connectivity index (χ4v) is 5.58. The molecule has 2 aromatic heterocycles. The average molecular weight is 681 g/mol. The lowest BCUT2D eigenvalue weighted by atomic mass is 9.96. The van der Waals surface area contributed by atoms with Crippen molar-refractivity contribution in [1.29, 1.82) is 0 Å². The number of hydrogen-bond donors (Lipinski definition) is 2. The summed E-state index contributed by atoms with van der Waals surface area (Å²) < 4.78 is 38.8. The summed E-state index contributed by atoms with van der Waals surface area (Å²) in [7, 11) is 0. The van der Waals surface area contributed by atoms with Gasteiger partial charge in [0.25, 0.3) is 0 Å². The van der Waals surface area contributed by atoms with Crippen LogP contribution in [0, 0.1) is 12.7 Å². The van der Waals surface area contributed by atoms with Gasteiger partial charge >= 0.3 is 18.3 Å². The number of nitrogens with one attached hydrogen (secondary N) is 2. The van der Waals surface area contributed by atoms with Gasteiger partial charge in [0.05, 0.1) is 25.2 Å². The molecule has 0 radical (unpaired) electrons. The summed E-state index contributed by atoms with van der Waals surface area (Å²) in [6, 6.07) is 3.02. The van der Waals surface area contributed by atoms with Gasteiger partial charge in [-0.25, -0.2) is 28.7 Å². The number of carbonyl (C=O) groups excluding carboxylic acids is 4. The summed E-state index contributed by atoms with van der Waals surface area (Å²) >= 11 is 0. The van der Waals surface area contributed by atoms with Gasteiger partial charge in [0.15, 0.2) is 5.82 Å². The van der Waals surface area contributed by atoms with E-state index in [0.717, 1.165) is 0 Å². The molecule has 0 saturated carbocycles. The highest BCUT2D eigenvalue weighted by molar-refractivity contribution is 6.05. The van der Waals surface area contributed by atoms with E-state index in [1.807, 2.05) is 6.92 Å². The molecule has 1 aromatic carbocycles. The van der Waals surface area contributed by atoms with Gasteiger partial charge in [0.1, 0.15) is 35.4 Å². The standard InChI is InChI=1S/C34H41FN6O8/c1-9-40-17-20(14-25(40)42)47-30(43)38-24-13-19-12-21(26(35)27(23(19)16-36-24)39-31(44)48-33(3,4)5)22-15-37-29-28(18(22)2)41(10-11-46-29)32(45)49-34(6,7)8/h12-13,15-16,20H,9-11,14,17H2,1-8H3,(H,39,44)(H,36,38,43). The van der Waals surface area contributed by atoms with E-state index in [0.29, 0.717) is 35.3 Å². The zero-order valence-corrected chi connectivity index (χ0v) is 28.9. The summed E-state index contributed by atoms with van der Waals surface area (Å²) in [6.45, 7) is 15.0. The Morgan fingerprint density at radius 3 is 2.37 bits per heavy atom. The number of likely N-dealkylation sites (N-methyl/N-ethyl adjacent to an activating group) is 1. The van der Waals surface area contributed by atoms with Crippen molar-refractivity contribution in [3.63, 3.8) is 0 Å². The van der Waals surface area contributed by atoms with Crippen LogP contribution in [0.15, 0.2) is 24.5 Å². The third kappa shape index (κ3) is 7.92. The molecule has 0 bridgehead atoms. The van der Waals surface area contributed by atoms with E-state index < -0.39 is 41.4 Å². The first-order chi connectivity index (χ1) is 22.9. The highest BCUT2D eigenvalue weighted by atomic mass is 19.1. The van der Waals surface area contributed by atoms with E-state index in [9.17, 15) is 19.2 Å². The Bertz CT molecular complexity index is 1820. The number of ether oxygens (including phenoxy) is 4. The number of likely N-dealkylation sites (tertiary alicyclic amines) is 1. The lowest BCUT2D eigenvalue weighted by Gasteiger charge is -2.32. The molecule has 5 rings (SSSR count). The number of carbonyl (C=O) groups is 4. The minimum absolute atomic E-state index is 0.0323. The highest BCUT2D eigenvalue weighted by Gasteiger charge is 2.33. The smallest absolute Gasteiger partial charge is 0.415 e. The molecular formula is C34H41FN6O8. The summed E-state index contributed by atoms with van der Waals surface area (Å²) in [5, 5.41) is 5.69. The van der Waals surface area contributed by atoms with E-state index >= 15 is 4.39 Å². The van der Waals surface area contributed by atoms with Crippen LogP contribution in [-0.2, 0) is 19.0 Å². The quantitative estimate of drug-likeness (QED) is 0.289. The van der Waals surface area contributed by atoms with Crippen molar-refractivity contribution in [2.75, 3.05) is 41.8 Å². The Kier molecular flexibility index (Phi) is 9.57. The molecule has 15 heteroatoms. The lowest BCUT2D eigenvalue weighted by molar-refractivity contribution is -0.127. The summed E-state index contributed by atoms with van der Waals surface area (Å²) in [5.74, 6) is -0.639. The van der Waals surface area contributed by atoms with Crippen LogP contribution in [0.1, 0.15) is 60.5 Å². The Balaban J connectivity index is 1.56. The predicted molar refractivity (Wildman–Crippen MR) is 179 cm³/mol. The minimum atomic E-state index is -0.896. The van der Waals surface area contributed by atoms with Crippen molar-refractivity contribution in [2.24, 2.45) is 0 Å². The molecule has 1 fully saturated rings. The second kappa shape index (κ2) is 13.4. The van der Waals surface area contributed by atoms with Crippen molar-refractivity contribution in [3.05, 3.63) is 35.9 Å². The van der Waals surface area contributed by atoms with Crippen molar-refractivity contribution >= 4 is 52.2 Å². The lowest BCUT2D eigenvalue weighted by Crippen LogP contribution is -2.42. The molecule has 0 aliphatic carbocycles. The fraction of sp³-hybridized carbons (Fsp3) is 0.471. The van der Waals surface area contributed by atoms with Crippen molar-refractivity contribution in [1.82, 2.24) is 14.9 Å². The third-order valence-electron chi connectivity index (χ3n) is 7.65. The molecule has 2 aliphatic heterocycles. The van der Waals surface area contributed by atoms with Gasteiger partial charge in [-0.3, -0.25) is 20.3 Å². The van der Waals surface area contributed by atoms with Gasteiger partial charge in [-0.15, -0.1) is 0 Å². The predicted octanol–water partition coefficient (Wildman–Crippen LogP) is 6.39. The normalized spacial score (nSPS) is 16.2. The zero-order chi connectivity index (χ0) is 35.8. The molecule has 49 heavy (non-hydrogen) atoms. The molecule has 2 aliphatic rings. The SMILES string of the molecule is CCN1CC(OC(=O)Nc2cc3cc(-c4cnc5c(c4C)N(C(=O)OC(C)(C)C)CCO5)c(F)c(NC(=O)OC(C)(C)C)c3cn2)CC1=O. The van der Waals surface area contributed by atoms with Crippen LogP contribution in [0.5, 0.6) is 5.88 Å². The Morgan fingerprint density at radius 1 is 1.00 bits per heavy atom. The number of hydrogen-bond acceptors (Lipinski definition) is 10. The number of halogens is 1. The first-order valence-electron chi connectivity index (χ1n) is 15.9. The molecule has 1 unspecified atom stereocenters. The van der Waals surface area contributed by atoms with Gasteiger partial charge in [-0.1, -0.05) is 0 Å². The largest absolute Gasteiger partial charge is 0.474 e. The first kappa shape index (κ1) is 35.1. The topological polar surface area (TPSA) is 162 Å². The highest BCUT2D eigenvalue weighted by Crippen LogP contribution is 2.42. The Hall–Kier alpha value is -5.21. The van der Waals surface area contributed by atoms with Crippen LogP contribution in [-0.4, -0.2) is 82.6 Å². The minimum Gasteiger partial charge on any atom is -0.474 e. The van der Waals surface area contributed by atoms with Crippen molar-refractivity contribution in [3.8, 4) is 17.0 Å². The molecule has 1 saturated heterocycles. The Labute approximate surface area is 283 Å². The molecule has 4 heterocycles. The van der Waals surface area contributed by atoms with Crippen molar-refractivity contribution < 1.29 is 42.5 Å². The second-order valence-corrected chi connectivity index (χ2v) is 13.8. The van der Waals surface area contributed by atoms with Crippen LogP contribution in [0.4, 0.5) is 36.0 Å². The maximum Gasteiger partial charge on any atom is 0.415 e. The molecule has 1 atom stereocenters. The van der Waals surface area contributed by atoms with E-state index in [1.54, 1.807) is 53.4 Å². The maximum atomic E-state index is 16.6. The van der Waals surface area contributed by atoms with E-state index in [4.69, 9.17) is 18.9 Å². The summed E-state index contributed by atoms with van der Waals surface area (Å²) in [4.78, 5) is 62.6. The van der Waals surface area contributed by atoms with Crippen LogP contribution in [0.25, 0.3) is 21.9 Å². The molecular weight excluding hydrogens is 639 g/mol. The number of pyridine rings is 2. The van der Waals surface area contributed by atoms with Crippen LogP contribution in [0.3, 0.4) is 0 Å². The van der Waals surface area contributed by atoms with Crippen LogP contribution >= 0.6 is 0 Å². The van der Waals surface area contributed by atoms with Crippen LogP contribution < -0.4 is 20.3 Å². The summed E-state index contributed by atoms with van der Waals surface area (Å²) in [6.07, 6.45) is -0.112. The number of nitrogens with zero attached hydrogens (tertiary/aromatic N) is 4. The molecule has 14 nitrogen and oxygen atoms in total. The van der Waals surface area contributed by atoms with Gasteiger partial charge < -0.3 is 23.8 Å². The van der Waals surface area contributed by atoms with Gasteiger partial charge in [0, 0.05) is 35.5 Å². The fourth-order valence-electron chi connectivity index (χ4n) is 5.58. The first-order valence-corrected chi connectivity index (χ1v) is 15.9. The molecule has 2 N–H and O–H groups in total. The molecule has 262 valence electrons. The average Bonchev–Trinajstić information content (AvgIpc) is 3.35. The number of aromatic nitrogens is 2. The number of anilines is 3. The zero-order valence-electron chi connectivity index (χ0n) is 28.9. The van der Waals surface area contributed by atoms with Gasteiger partial charge in [-0.05, 0) is 78.5 Å². The number of rotatable bonds is 5. The monoisotopic (exact) mass is 680 g/mol. The number of fused-ring (bicyclic) bond motifs is 2.